The normalized spacial score (nSPS) is 22.0. The van der Waals surface area contributed by atoms with Gasteiger partial charge < -0.3 is 20.1 Å². The summed E-state index contributed by atoms with van der Waals surface area (Å²) in [6.07, 6.45) is 3.66. The van der Waals surface area contributed by atoms with Crippen LogP contribution in [-0.2, 0) is 0 Å². The van der Waals surface area contributed by atoms with Crippen molar-refractivity contribution in [3.05, 3.63) is 53.6 Å². The predicted molar refractivity (Wildman–Crippen MR) is 103 cm³/mol. The fourth-order valence-electron chi connectivity index (χ4n) is 4.00. The molecule has 2 aromatic heterocycles. The fraction of sp³-hybridized carbons (Fsp3) is 0.350. The summed E-state index contributed by atoms with van der Waals surface area (Å²) in [5, 5.41) is 17.4. The maximum Gasteiger partial charge on any atom is 0.256 e. The molecule has 1 saturated heterocycles. The van der Waals surface area contributed by atoms with Gasteiger partial charge in [0.1, 0.15) is 22.9 Å². The first-order valence-electron chi connectivity index (χ1n) is 9.60. The largest absolute Gasteiger partial charge is 0.493 e. The maximum absolute atomic E-state index is 14.1. The van der Waals surface area contributed by atoms with Crippen LogP contribution in [0.15, 0.2) is 36.7 Å². The molecule has 2 aliphatic rings. The molecule has 0 spiro atoms. The lowest BCUT2D eigenvalue weighted by atomic mass is 10.0. The van der Waals surface area contributed by atoms with Crippen molar-refractivity contribution in [3.63, 3.8) is 0 Å². The van der Waals surface area contributed by atoms with Crippen molar-refractivity contribution in [3.8, 4) is 5.75 Å². The number of nitrogens with one attached hydrogen (secondary N) is 1. The van der Waals surface area contributed by atoms with E-state index in [0.29, 0.717) is 60.9 Å². The van der Waals surface area contributed by atoms with Gasteiger partial charge >= 0.3 is 0 Å². The lowest BCUT2D eigenvalue weighted by molar-refractivity contribution is 0.0953. The standard InChI is InChI=1S/C20H20FN5O3/c21-12-2-3-17-14(8-12)16-9-13(27)11-25(16)18-4-6-26-19(24-18)15(10-23-26)20(28)22-5-1-7-29-17/h2-4,6,8,10,13,16,27H,1,5,7,9,11H2,(H,22,28). The second kappa shape index (κ2) is 7.00. The molecule has 29 heavy (non-hydrogen) atoms. The van der Waals surface area contributed by atoms with Crippen molar-refractivity contribution < 1.29 is 19.0 Å². The van der Waals surface area contributed by atoms with Crippen LogP contribution >= 0.6 is 0 Å². The number of halogens is 1. The molecule has 8 nitrogen and oxygen atoms in total. The molecule has 1 amide bonds. The van der Waals surface area contributed by atoms with Gasteiger partial charge in [0.25, 0.3) is 5.91 Å². The Balaban J connectivity index is 1.66. The summed E-state index contributed by atoms with van der Waals surface area (Å²) in [6.45, 7) is 1.15. The van der Waals surface area contributed by atoms with Crippen LogP contribution in [0.5, 0.6) is 5.75 Å². The summed E-state index contributed by atoms with van der Waals surface area (Å²) in [4.78, 5) is 19.1. The highest BCUT2D eigenvalue weighted by Gasteiger charge is 2.35. The van der Waals surface area contributed by atoms with Crippen molar-refractivity contribution in [2.24, 2.45) is 0 Å². The molecule has 1 fully saturated rings. The first-order chi connectivity index (χ1) is 14.1. The average molecular weight is 397 g/mol. The number of rotatable bonds is 0. The van der Waals surface area contributed by atoms with Gasteiger partial charge in [-0.15, -0.1) is 0 Å². The number of ether oxygens (including phenoxy) is 1. The highest BCUT2D eigenvalue weighted by molar-refractivity contribution is 5.99. The second-order valence-electron chi connectivity index (χ2n) is 7.31. The Morgan fingerprint density at radius 1 is 1.31 bits per heavy atom. The van der Waals surface area contributed by atoms with E-state index in [-0.39, 0.29) is 17.8 Å². The van der Waals surface area contributed by atoms with Gasteiger partial charge in [-0.25, -0.2) is 13.9 Å². The molecule has 5 rings (SSSR count). The Bertz CT molecular complexity index is 1090. The van der Waals surface area contributed by atoms with Gasteiger partial charge in [-0.05, 0) is 37.1 Å². The smallest absolute Gasteiger partial charge is 0.256 e. The average Bonchev–Trinajstić information content (AvgIpc) is 3.31. The Morgan fingerprint density at radius 3 is 3.10 bits per heavy atom. The minimum Gasteiger partial charge on any atom is -0.493 e. The maximum atomic E-state index is 14.1. The molecule has 0 saturated carbocycles. The molecule has 150 valence electrons. The van der Waals surface area contributed by atoms with E-state index in [4.69, 9.17) is 4.74 Å². The first-order valence-corrected chi connectivity index (χ1v) is 9.60. The molecule has 4 heterocycles. The summed E-state index contributed by atoms with van der Waals surface area (Å²) in [5.74, 6) is 0.552. The van der Waals surface area contributed by atoms with E-state index >= 15 is 0 Å². The Hall–Kier alpha value is -3.20. The number of hydrogen-bond donors (Lipinski definition) is 2. The molecule has 1 aromatic carbocycles. The number of aromatic nitrogens is 3. The van der Waals surface area contributed by atoms with Crippen LogP contribution in [0.1, 0.15) is 34.8 Å². The van der Waals surface area contributed by atoms with E-state index < -0.39 is 6.10 Å². The molecule has 0 radical (unpaired) electrons. The Kier molecular flexibility index (Phi) is 4.31. The molecule has 9 heteroatoms. The molecule has 0 aliphatic carbocycles. The van der Waals surface area contributed by atoms with Crippen LogP contribution in [0.2, 0.25) is 0 Å². The van der Waals surface area contributed by atoms with Gasteiger partial charge in [-0.1, -0.05) is 0 Å². The van der Waals surface area contributed by atoms with E-state index in [1.54, 1.807) is 22.8 Å². The van der Waals surface area contributed by atoms with Crippen LogP contribution in [0.4, 0.5) is 10.2 Å². The lowest BCUT2D eigenvalue weighted by Crippen LogP contribution is -2.28. The number of amides is 1. The number of carbonyl (C=O) groups is 1. The third kappa shape index (κ3) is 3.17. The Labute approximate surface area is 165 Å². The lowest BCUT2D eigenvalue weighted by Gasteiger charge is -2.27. The van der Waals surface area contributed by atoms with E-state index in [9.17, 15) is 14.3 Å². The van der Waals surface area contributed by atoms with Crippen LogP contribution < -0.4 is 15.0 Å². The number of carbonyl (C=O) groups excluding carboxylic acids is 1. The molecule has 2 unspecified atom stereocenters. The summed E-state index contributed by atoms with van der Waals surface area (Å²) >= 11 is 0. The highest BCUT2D eigenvalue weighted by Crippen LogP contribution is 2.40. The topological polar surface area (TPSA) is 92.0 Å². The number of aliphatic hydroxyl groups excluding tert-OH is 1. The molecule has 3 aromatic rings. The zero-order valence-electron chi connectivity index (χ0n) is 15.6. The molecule has 2 N–H and O–H groups in total. The highest BCUT2D eigenvalue weighted by atomic mass is 19.1. The van der Waals surface area contributed by atoms with Crippen LogP contribution in [0, 0.1) is 5.82 Å². The summed E-state index contributed by atoms with van der Waals surface area (Å²) < 4.78 is 21.5. The van der Waals surface area contributed by atoms with Crippen molar-refractivity contribution in [1.82, 2.24) is 19.9 Å². The van der Waals surface area contributed by atoms with Gasteiger partial charge in [0, 0.05) is 24.8 Å². The van der Waals surface area contributed by atoms with Gasteiger partial charge in [-0.3, -0.25) is 4.79 Å². The number of aliphatic hydroxyl groups is 1. The number of fused-ring (bicyclic) bond motifs is 5. The quantitative estimate of drug-likeness (QED) is 0.600. The number of hydrogen-bond acceptors (Lipinski definition) is 6. The van der Waals surface area contributed by atoms with Crippen molar-refractivity contribution in [2.75, 3.05) is 24.6 Å². The van der Waals surface area contributed by atoms with Gasteiger partial charge in [-0.2, -0.15) is 5.10 Å². The fourth-order valence-corrected chi connectivity index (χ4v) is 4.00. The molecule has 2 atom stereocenters. The molecular formula is C20H20FN5O3. The van der Waals surface area contributed by atoms with Gasteiger partial charge in [0.05, 0.1) is 24.9 Å². The third-order valence-electron chi connectivity index (χ3n) is 5.37. The third-order valence-corrected chi connectivity index (χ3v) is 5.37. The van der Waals surface area contributed by atoms with Crippen molar-refractivity contribution in [1.29, 1.82) is 0 Å². The zero-order chi connectivity index (χ0) is 20.0. The minimum atomic E-state index is -0.586. The number of benzene rings is 1. The van der Waals surface area contributed by atoms with Crippen LogP contribution in [0.3, 0.4) is 0 Å². The molecule has 2 bridgehead atoms. The van der Waals surface area contributed by atoms with E-state index in [1.807, 2.05) is 4.90 Å². The summed E-state index contributed by atoms with van der Waals surface area (Å²) in [7, 11) is 0. The molecule has 2 aliphatic heterocycles. The number of anilines is 1. The SMILES string of the molecule is O=C1NCCCOc2ccc(F)cc2C2CC(O)CN2c2ccn3ncc1c3n2. The predicted octanol–water partition coefficient (Wildman–Crippen LogP) is 1.69. The van der Waals surface area contributed by atoms with Gasteiger partial charge in [0.2, 0.25) is 0 Å². The van der Waals surface area contributed by atoms with Gasteiger partial charge in [0.15, 0.2) is 5.65 Å². The molecular weight excluding hydrogens is 377 g/mol. The zero-order valence-corrected chi connectivity index (χ0v) is 15.6. The number of nitrogens with zero attached hydrogens (tertiary/aromatic N) is 4. The van der Waals surface area contributed by atoms with E-state index in [0.717, 1.165) is 0 Å². The Morgan fingerprint density at radius 2 is 2.21 bits per heavy atom. The second-order valence-corrected chi connectivity index (χ2v) is 7.31. The minimum absolute atomic E-state index is 0.248. The monoisotopic (exact) mass is 397 g/mol. The summed E-state index contributed by atoms with van der Waals surface area (Å²) in [6, 6.07) is 5.92. The van der Waals surface area contributed by atoms with E-state index in [1.165, 1.54) is 18.3 Å². The van der Waals surface area contributed by atoms with Crippen LogP contribution in [0.25, 0.3) is 5.65 Å². The van der Waals surface area contributed by atoms with Crippen molar-refractivity contribution in [2.45, 2.75) is 25.0 Å². The van der Waals surface area contributed by atoms with Crippen molar-refractivity contribution >= 4 is 17.4 Å². The first kappa shape index (κ1) is 17.9. The summed E-state index contributed by atoms with van der Waals surface area (Å²) in [5.41, 5.74) is 1.50. The van der Waals surface area contributed by atoms with Crippen LogP contribution in [-0.4, -0.2) is 51.4 Å². The van der Waals surface area contributed by atoms with E-state index in [2.05, 4.69) is 15.4 Å².